The second-order valence-electron chi connectivity index (χ2n) is 5.16. The van der Waals surface area contributed by atoms with Crippen LogP contribution in [0.5, 0.6) is 0 Å². The predicted molar refractivity (Wildman–Crippen MR) is 93.2 cm³/mol. The number of rotatable bonds is 3. The van der Waals surface area contributed by atoms with Crippen LogP contribution in [0.1, 0.15) is 16.7 Å². The lowest BCUT2D eigenvalue weighted by Gasteiger charge is -1.95. The molecule has 0 bridgehead atoms. The molecule has 0 aromatic heterocycles. The Morgan fingerprint density at radius 3 is 2.30 bits per heavy atom. The van der Waals surface area contributed by atoms with Crippen LogP contribution in [0, 0.1) is 6.92 Å². The fourth-order valence-electron chi connectivity index (χ4n) is 2.06. The first kappa shape index (κ1) is 15.3. The molecule has 2 aromatic rings. The SMILES string of the molecule is Cc1ccc(C=CC2=NC(=Cc3ccc(Cl)cc3)C(=O)O2)cc1. The third kappa shape index (κ3) is 3.96. The quantitative estimate of drug-likeness (QED) is 0.608. The lowest BCUT2D eigenvalue weighted by molar-refractivity contribution is -0.129. The third-order valence-corrected chi connectivity index (χ3v) is 3.56. The number of carbonyl (C=O) groups excluding carboxylic acids is 1. The lowest BCUT2D eigenvalue weighted by Crippen LogP contribution is -2.01. The molecule has 1 aliphatic heterocycles. The molecule has 3 nitrogen and oxygen atoms in total. The highest BCUT2D eigenvalue weighted by Crippen LogP contribution is 2.18. The number of cyclic esters (lactones) is 1. The normalized spacial score (nSPS) is 16.0. The van der Waals surface area contributed by atoms with Gasteiger partial charge in [-0.25, -0.2) is 9.79 Å². The predicted octanol–water partition coefficient (Wildman–Crippen LogP) is 4.66. The van der Waals surface area contributed by atoms with Crippen molar-refractivity contribution in [2.24, 2.45) is 4.99 Å². The highest BCUT2D eigenvalue weighted by atomic mass is 35.5. The molecule has 0 amide bonds. The van der Waals surface area contributed by atoms with Crippen LogP contribution in [0.3, 0.4) is 0 Å². The number of hydrogen-bond acceptors (Lipinski definition) is 3. The van der Waals surface area contributed by atoms with E-state index >= 15 is 0 Å². The number of hydrogen-bond donors (Lipinski definition) is 0. The van der Waals surface area contributed by atoms with Crippen molar-refractivity contribution in [3.05, 3.63) is 82.0 Å². The fourth-order valence-corrected chi connectivity index (χ4v) is 2.18. The fraction of sp³-hybridized carbons (Fsp3) is 0.0526. The number of benzene rings is 2. The zero-order chi connectivity index (χ0) is 16.2. The Hall–Kier alpha value is -2.65. The second-order valence-corrected chi connectivity index (χ2v) is 5.60. The van der Waals surface area contributed by atoms with Crippen molar-refractivity contribution in [3.63, 3.8) is 0 Å². The van der Waals surface area contributed by atoms with Crippen LogP contribution in [0.4, 0.5) is 0 Å². The summed E-state index contributed by atoms with van der Waals surface area (Å²) in [7, 11) is 0. The first-order valence-electron chi connectivity index (χ1n) is 7.13. The number of ether oxygens (including phenoxy) is 1. The van der Waals surface area contributed by atoms with Crippen LogP contribution in [-0.2, 0) is 9.53 Å². The molecule has 0 fully saturated rings. The minimum absolute atomic E-state index is 0.274. The molecular weight excluding hydrogens is 310 g/mol. The summed E-state index contributed by atoms with van der Waals surface area (Å²) < 4.78 is 5.15. The van der Waals surface area contributed by atoms with Crippen molar-refractivity contribution in [2.75, 3.05) is 0 Å². The maximum atomic E-state index is 11.8. The molecule has 0 N–H and O–H groups in total. The molecule has 0 atom stereocenters. The zero-order valence-corrected chi connectivity index (χ0v) is 13.2. The number of carbonyl (C=O) groups is 1. The Balaban J connectivity index is 1.78. The standard InChI is InChI=1S/C19H14ClNO2/c1-13-2-4-14(5-3-13)8-11-18-21-17(19(22)23-18)12-15-6-9-16(20)10-7-15/h2-12H,1H3. The van der Waals surface area contributed by atoms with Gasteiger partial charge in [0.2, 0.25) is 5.90 Å². The van der Waals surface area contributed by atoms with Crippen molar-refractivity contribution < 1.29 is 9.53 Å². The Labute approximate surface area is 139 Å². The largest absolute Gasteiger partial charge is 0.403 e. The molecule has 0 unspecified atom stereocenters. The zero-order valence-electron chi connectivity index (χ0n) is 12.5. The van der Waals surface area contributed by atoms with Crippen LogP contribution >= 0.6 is 11.6 Å². The van der Waals surface area contributed by atoms with Gasteiger partial charge in [0.25, 0.3) is 0 Å². The van der Waals surface area contributed by atoms with Crippen molar-refractivity contribution in [1.29, 1.82) is 0 Å². The summed E-state index contributed by atoms with van der Waals surface area (Å²) in [4.78, 5) is 16.1. The Kier molecular flexibility index (Phi) is 4.40. The lowest BCUT2D eigenvalue weighted by atomic mass is 10.1. The van der Waals surface area contributed by atoms with E-state index in [0.717, 1.165) is 11.1 Å². The molecule has 0 saturated heterocycles. The van der Waals surface area contributed by atoms with Gasteiger partial charge in [-0.05, 0) is 42.3 Å². The van der Waals surface area contributed by atoms with E-state index in [2.05, 4.69) is 4.99 Å². The van der Waals surface area contributed by atoms with Crippen molar-refractivity contribution in [2.45, 2.75) is 6.92 Å². The van der Waals surface area contributed by atoms with Gasteiger partial charge >= 0.3 is 5.97 Å². The highest BCUT2D eigenvalue weighted by molar-refractivity contribution is 6.30. The molecule has 114 valence electrons. The van der Waals surface area contributed by atoms with E-state index in [0.29, 0.717) is 5.02 Å². The Morgan fingerprint density at radius 1 is 0.957 bits per heavy atom. The highest BCUT2D eigenvalue weighted by Gasteiger charge is 2.20. The molecule has 1 heterocycles. The first-order valence-corrected chi connectivity index (χ1v) is 7.51. The van der Waals surface area contributed by atoms with Gasteiger partial charge in [0.05, 0.1) is 0 Å². The number of aliphatic imine (C=N–C) groups is 1. The van der Waals surface area contributed by atoms with E-state index in [1.807, 2.05) is 49.4 Å². The molecule has 0 spiro atoms. The molecule has 3 rings (SSSR count). The van der Waals surface area contributed by atoms with Gasteiger partial charge in [-0.15, -0.1) is 0 Å². The van der Waals surface area contributed by atoms with E-state index in [4.69, 9.17) is 16.3 Å². The number of aryl methyl sites for hydroxylation is 1. The van der Waals surface area contributed by atoms with Gasteiger partial charge in [0.15, 0.2) is 5.70 Å². The maximum Gasteiger partial charge on any atom is 0.363 e. The van der Waals surface area contributed by atoms with Crippen LogP contribution < -0.4 is 0 Å². The average molecular weight is 324 g/mol. The molecule has 4 heteroatoms. The molecule has 1 aliphatic rings. The van der Waals surface area contributed by atoms with Crippen molar-refractivity contribution in [3.8, 4) is 0 Å². The summed E-state index contributed by atoms with van der Waals surface area (Å²) in [6.45, 7) is 2.03. The molecule has 0 saturated carbocycles. The molecule has 0 radical (unpaired) electrons. The number of esters is 1. The second kappa shape index (κ2) is 6.63. The Bertz CT molecular complexity index is 815. The average Bonchev–Trinajstić information content (AvgIpc) is 2.89. The van der Waals surface area contributed by atoms with Crippen LogP contribution in [0.2, 0.25) is 5.02 Å². The summed E-state index contributed by atoms with van der Waals surface area (Å²) in [6, 6.07) is 15.2. The van der Waals surface area contributed by atoms with Gasteiger partial charge in [-0.1, -0.05) is 53.6 Å². The number of halogens is 1. The minimum atomic E-state index is -0.455. The molecule has 23 heavy (non-hydrogen) atoms. The summed E-state index contributed by atoms with van der Waals surface area (Å²) in [5.74, 6) is -0.167. The monoisotopic (exact) mass is 323 g/mol. The first-order chi connectivity index (χ1) is 11.1. The molecule has 2 aromatic carbocycles. The minimum Gasteiger partial charge on any atom is -0.403 e. The Morgan fingerprint density at radius 2 is 1.61 bits per heavy atom. The van der Waals surface area contributed by atoms with Crippen molar-refractivity contribution >= 4 is 35.6 Å². The summed E-state index contributed by atoms with van der Waals surface area (Å²) in [6.07, 6.45) is 5.22. The van der Waals surface area contributed by atoms with E-state index in [-0.39, 0.29) is 11.6 Å². The topological polar surface area (TPSA) is 38.7 Å². The van der Waals surface area contributed by atoms with Crippen molar-refractivity contribution in [1.82, 2.24) is 0 Å². The van der Waals surface area contributed by atoms with Crippen LogP contribution in [0.25, 0.3) is 12.2 Å². The summed E-state index contributed by atoms with van der Waals surface area (Å²) >= 11 is 5.84. The van der Waals surface area contributed by atoms with E-state index in [1.165, 1.54) is 5.56 Å². The van der Waals surface area contributed by atoms with Crippen LogP contribution in [-0.4, -0.2) is 11.9 Å². The third-order valence-electron chi connectivity index (χ3n) is 3.31. The summed E-state index contributed by atoms with van der Waals surface area (Å²) in [5.41, 5.74) is 3.33. The van der Waals surface area contributed by atoms with E-state index in [9.17, 15) is 4.79 Å². The van der Waals surface area contributed by atoms with Gasteiger partial charge < -0.3 is 4.74 Å². The smallest absolute Gasteiger partial charge is 0.363 e. The van der Waals surface area contributed by atoms with Crippen LogP contribution in [0.15, 0.2) is 65.3 Å². The van der Waals surface area contributed by atoms with Gasteiger partial charge in [0, 0.05) is 11.1 Å². The summed E-state index contributed by atoms with van der Waals surface area (Å²) in [5, 5.41) is 0.645. The van der Waals surface area contributed by atoms with Gasteiger partial charge in [-0.2, -0.15) is 0 Å². The molecule has 0 aliphatic carbocycles. The van der Waals surface area contributed by atoms with Gasteiger partial charge in [0.1, 0.15) is 0 Å². The molecular formula is C19H14ClNO2. The van der Waals surface area contributed by atoms with Gasteiger partial charge in [-0.3, -0.25) is 0 Å². The van der Waals surface area contributed by atoms with E-state index < -0.39 is 5.97 Å². The maximum absolute atomic E-state index is 11.8. The van der Waals surface area contributed by atoms with E-state index in [1.54, 1.807) is 24.3 Å². The number of nitrogens with zero attached hydrogens (tertiary/aromatic N) is 1.